The molecule has 3 heterocycles. The average molecular weight is 347 g/mol. The van der Waals surface area contributed by atoms with Crippen LogP contribution in [0.25, 0.3) is 0 Å². The van der Waals surface area contributed by atoms with Gasteiger partial charge in [-0.05, 0) is 19.1 Å². The Hall–Kier alpha value is -2.68. The van der Waals surface area contributed by atoms with Gasteiger partial charge in [-0.25, -0.2) is 9.78 Å². The summed E-state index contributed by atoms with van der Waals surface area (Å²) in [5.41, 5.74) is 0.774. The molecule has 9 nitrogen and oxygen atoms in total. The average Bonchev–Trinajstić information content (AvgIpc) is 3.21. The Labute approximate surface area is 145 Å². The number of aromatic nitrogens is 3. The van der Waals surface area contributed by atoms with Gasteiger partial charge in [0.25, 0.3) is 0 Å². The Bertz CT molecular complexity index is 763. The molecule has 0 bridgehead atoms. The number of ether oxygens (including phenoxy) is 2. The normalized spacial score (nSPS) is 19.9. The molecule has 1 aliphatic rings. The standard InChI is InChI=1S/C16H21N5O4/c1-9-5-6-13(24-4)14(17-9)18-16(22)21-8-11(23-3)7-12(21)15-20-19-10(2)25-15/h5-6,11-12H,7-8H2,1-4H3,(H,17,18,22)/t11-,12+/m0/s1. The van der Waals surface area contributed by atoms with E-state index in [1.165, 1.54) is 7.11 Å². The van der Waals surface area contributed by atoms with Gasteiger partial charge in [-0.15, -0.1) is 10.2 Å². The number of nitrogens with zero attached hydrogens (tertiary/aromatic N) is 4. The van der Waals surface area contributed by atoms with E-state index in [-0.39, 0.29) is 18.2 Å². The minimum Gasteiger partial charge on any atom is -0.493 e. The van der Waals surface area contributed by atoms with Gasteiger partial charge >= 0.3 is 6.03 Å². The molecule has 0 radical (unpaired) electrons. The number of carbonyl (C=O) groups is 1. The Balaban J connectivity index is 1.83. The smallest absolute Gasteiger partial charge is 0.323 e. The molecule has 0 aromatic carbocycles. The molecule has 3 rings (SSSR count). The SMILES string of the molecule is COc1ccc(C)nc1NC(=O)N1C[C@@H](OC)C[C@@H]1c1nnc(C)o1. The van der Waals surface area contributed by atoms with Gasteiger partial charge in [0.1, 0.15) is 6.04 Å². The molecule has 9 heteroatoms. The van der Waals surface area contributed by atoms with E-state index in [9.17, 15) is 4.79 Å². The lowest BCUT2D eigenvalue weighted by Gasteiger charge is -2.22. The lowest BCUT2D eigenvalue weighted by molar-refractivity contribution is 0.111. The quantitative estimate of drug-likeness (QED) is 0.903. The topological polar surface area (TPSA) is 103 Å². The monoisotopic (exact) mass is 347 g/mol. The molecular weight excluding hydrogens is 326 g/mol. The summed E-state index contributed by atoms with van der Waals surface area (Å²) < 4.78 is 16.2. The van der Waals surface area contributed by atoms with Crippen molar-refractivity contribution in [3.63, 3.8) is 0 Å². The van der Waals surface area contributed by atoms with Crippen LogP contribution in [-0.2, 0) is 4.74 Å². The summed E-state index contributed by atoms with van der Waals surface area (Å²) in [7, 11) is 3.15. The zero-order valence-corrected chi connectivity index (χ0v) is 14.6. The predicted molar refractivity (Wildman–Crippen MR) is 88.4 cm³/mol. The maximum atomic E-state index is 12.8. The zero-order chi connectivity index (χ0) is 18.0. The van der Waals surface area contributed by atoms with Crippen molar-refractivity contribution in [2.75, 3.05) is 26.1 Å². The van der Waals surface area contributed by atoms with E-state index in [1.807, 2.05) is 13.0 Å². The number of likely N-dealkylation sites (tertiary alicyclic amines) is 1. The van der Waals surface area contributed by atoms with Gasteiger partial charge in [0, 0.05) is 32.7 Å². The second-order valence-corrected chi connectivity index (χ2v) is 5.85. The van der Waals surface area contributed by atoms with Crippen LogP contribution in [0, 0.1) is 13.8 Å². The number of anilines is 1. The maximum Gasteiger partial charge on any atom is 0.323 e. The summed E-state index contributed by atoms with van der Waals surface area (Å²) in [5.74, 6) is 1.72. The lowest BCUT2D eigenvalue weighted by Crippen LogP contribution is -2.36. The van der Waals surface area contributed by atoms with Crippen molar-refractivity contribution in [3.05, 3.63) is 29.6 Å². The zero-order valence-electron chi connectivity index (χ0n) is 14.6. The van der Waals surface area contributed by atoms with Crippen molar-refractivity contribution in [3.8, 4) is 5.75 Å². The lowest BCUT2D eigenvalue weighted by atomic mass is 10.2. The molecule has 0 saturated carbocycles. The summed E-state index contributed by atoms with van der Waals surface area (Å²) in [6.45, 7) is 3.98. The molecule has 25 heavy (non-hydrogen) atoms. The number of methoxy groups -OCH3 is 2. The summed E-state index contributed by atoms with van der Waals surface area (Å²) in [5, 5.41) is 10.7. The van der Waals surface area contributed by atoms with Crippen LogP contribution in [0.3, 0.4) is 0 Å². The molecule has 2 atom stereocenters. The van der Waals surface area contributed by atoms with Crippen LogP contribution in [-0.4, -0.2) is 53.0 Å². The fraction of sp³-hybridized carbons (Fsp3) is 0.500. The van der Waals surface area contributed by atoms with E-state index in [2.05, 4.69) is 20.5 Å². The Kier molecular flexibility index (Phi) is 4.84. The van der Waals surface area contributed by atoms with Crippen molar-refractivity contribution in [1.82, 2.24) is 20.1 Å². The minimum atomic E-state index is -0.345. The van der Waals surface area contributed by atoms with Crippen molar-refractivity contribution in [1.29, 1.82) is 0 Å². The highest BCUT2D eigenvalue weighted by molar-refractivity contribution is 5.90. The van der Waals surface area contributed by atoms with Gasteiger partial charge in [-0.3, -0.25) is 5.32 Å². The second kappa shape index (κ2) is 7.06. The number of rotatable bonds is 4. The van der Waals surface area contributed by atoms with Crippen molar-refractivity contribution in [2.24, 2.45) is 0 Å². The molecule has 1 fully saturated rings. The first kappa shape index (κ1) is 17.2. The third-order valence-corrected chi connectivity index (χ3v) is 4.13. The molecule has 134 valence electrons. The van der Waals surface area contributed by atoms with E-state index in [0.29, 0.717) is 36.3 Å². The largest absolute Gasteiger partial charge is 0.493 e. The van der Waals surface area contributed by atoms with Gasteiger partial charge in [-0.2, -0.15) is 0 Å². The van der Waals surface area contributed by atoms with E-state index >= 15 is 0 Å². The summed E-state index contributed by atoms with van der Waals surface area (Å²) >= 11 is 0. The fourth-order valence-electron chi connectivity index (χ4n) is 2.84. The van der Waals surface area contributed by atoms with Crippen LogP contribution in [0.4, 0.5) is 10.6 Å². The Morgan fingerprint density at radius 3 is 2.76 bits per heavy atom. The summed E-state index contributed by atoms with van der Waals surface area (Å²) in [4.78, 5) is 18.8. The molecule has 1 N–H and O–H groups in total. The molecule has 2 aromatic heterocycles. The molecule has 0 aliphatic carbocycles. The predicted octanol–water partition coefficient (Wildman–Crippen LogP) is 2.08. The third-order valence-electron chi connectivity index (χ3n) is 4.13. The molecule has 0 spiro atoms. The fourth-order valence-corrected chi connectivity index (χ4v) is 2.84. The van der Waals surface area contributed by atoms with Crippen molar-refractivity contribution < 1.29 is 18.7 Å². The highest BCUT2D eigenvalue weighted by Gasteiger charge is 2.39. The molecule has 2 amide bonds. The van der Waals surface area contributed by atoms with Crippen LogP contribution in [0.1, 0.15) is 29.9 Å². The number of nitrogens with one attached hydrogen (secondary N) is 1. The van der Waals surface area contributed by atoms with Gasteiger partial charge in [0.15, 0.2) is 11.6 Å². The number of amides is 2. The summed E-state index contributed by atoms with van der Waals surface area (Å²) in [6.07, 6.45) is 0.486. The van der Waals surface area contributed by atoms with Crippen molar-refractivity contribution in [2.45, 2.75) is 32.4 Å². The number of pyridine rings is 1. The van der Waals surface area contributed by atoms with E-state index < -0.39 is 0 Å². The van der Waals surface area contributed by atoms with Gasteiger partial charge < -0.3 is 18.8 Å². The third kappa shape index (κ3) is 3.55. The second-order valence-electron chi connectivity index (χ2n) is 5.85. The van der Waals surface area contributed by atoms with Crippen LogP contribution in [0.5, 0.6) is 5.75 Å². The maximum absolute atomic E-state index is 12.8. The van der Waals surface area contributed by atoms with Crippen molar-refractivity contribution >= 4 is 11.8 Å². The van der Waals surface area contributed by atoms with E-state index in [4.69, 9.17) is 13.9 Å². The molecular formula is C16H21N5O4. The highest BCUT2D eigenvalue weighted by Crippen LogP contribution is 2.33. The van der Waals surface area contributed by atoms with E-state index in [0.717, 1.165) is 5.69 Å². The highest BCUT2D eigenvalue weighted by atomic mass is 16.5. The van der Waals surface area contributed by atoms with Crippen LogP contribution >= 0.6 is 0 Å². The Morgan fingerprint density at radius 1 is 1.32 bits per heavy atom. The van der Waals surface area contributed by atoms with Gasteiger partial charge in [0.05, 0.1) is 13.2 Å². The van der Waals surface area contributed by atoms with Gasteiger partial charge in [-0.1, -0.05) is 0 Å². The van der Waals surface area contributed by atoms with E-state index in [1.54, 1.807) is 25.0 Å². The minimum absolute atomic E-state index is 0.102. The molecule has 1 aliphatic heterocycles. The number of carbonyl (C=O) groups excluding carboxylic acids is 1. The van der Waals surface area contributed by atoms with Crippen LogP contribution in [0.2, 0.25) is 0 Å². The Morgan fingerprint density at radius 2 is 2.12 bits per heavy atom. The molecule has 2 aromatic rings. The first-order valence-corrected chi connectivity index (χ1v) is 7.94. The van der Waals surface area contributed by atoms with Crippen LogP contribution < -0.4 is 10.1 Å². The number of hydrogen-bond donors (Lipinski definition) is 1. The van der Waals surface area contributed by atoms with Crippen LogP contribution in [0.15, 0.2) is 16.5 Å². The number of hydrogen-bond acceptors (Lipinski definition) is 7. The van der Waals surface area contributed by atoms with Gasteiger partial charge in [0.2, 0.25) is 11.8 Å². The number of aryl methyl sites for hydroxylation is 2. The number of urea groups is 1. The molecule has 0 unspecified atom stereocenters. The summed E-state index contributed by atoms with van der Waals surface area (Å²) in [6, 6.07) is 2.91. The first-order chi connectivity index (χ1) is 12.0. The first-order valence-electron chi connectivity index (χ1n) is 7.94. The molecule has 1 saturated heterocycles.